The molecule has 0 aliphatic heterocycles. The SMILES string of the molecule is C[Si](C)(C)OC1CCC[C@]12CCCCC2=O. The Morgan fingerprint density at radius 2 is 1.88 bits per heavy atom. The molecule has 0 amide bonds. The third-order valence-corrected chi connectivity index (χ3v) is 5.03. The lowest BCUT2D eigenvalue weighted by Crippen LogP contribution is -2.46. The molecule has 1 spiro atoms. The molecule has 2 nitrogen and oxygen atoms in total. The van der Waals surface area contributed by atoms with Crippen LogP contribution in [0.25, 0.3) is 0 Å². The third-order valence-electron chi connectivity index (χ3n) is 4.03. The molecule has 0 bridgehead atoms. The molecule has 2 aliphatic carbocycles. The highest BCUT2D eigenvalue weighted by molar-refractivity contribution is 6.69. The topological polar surface area (TPSA) is 26.3 Å². The highest BCUT2D eigenvalue weighted by atomic mass is 28.4. The standard InChI is InChI=1S/C13H24O2Si/c1-16(2,3)15-12-8-6-10-13(12)9-5-4-7-11(13)14/h12H,4-10H2,1-3H3/t12?,13-/m0/s1. The Balaban J connectivity index is 2.15. The summed E-state index contributed by atoms with van der Waals surface area (Å²) in [7, 11) is -1.51. The molecule has 92 valence electrons. The van der Waals surface area contributed by atoms with E-state index in [1.54, 1.807) is 0 Å². The van der Waals surface area contributed by atoms with Gasteiger partial charge in [-0.15, -0.1) is 0 Å². The maximum absolute atomic E-state index is 12.3. The molecule has 0 aromatic rings. The summed E-state index contributed by atoms with van der Waals surface area (Å²) >= 11 is 0. The molecule has 0 saturated heterocycles. The van der Waals surface area contributed by atoms with Gasteiger partial charge in [0.1, 0.15) is 5.78 Å². The zero-order chi connectivity index (χ0) is 11.8. The average Bonchev–Trinajstić information content (AvgIpc) is 2.53. The predicted octanol–water partition coefficient (Wildman–Crippen LogP) is 3.52. The van der Waals surface area contributed by atoms with Gasteiger partial charge >= 0.3 is 0 Å². The van der Waals surface area contributed by atoms with Crippen molar-refractivity contribution < 1.29 is 9.22 Å². The van der Waals surface area contributed by atoms with Crippen LogP contribution in [-0.4, -0.2) is 20.2 Å². The van der Waals surface area contributed by atoms with Crippen LogP contribution in [0, 0.1) is 5.41 Å². The number of carbonyl (C=O) groups is 1. The van der Waals surface area contributed by atoms with Crippen molar-refractivity contribution in [1.29, 1.82) is 0 Å². The van der Waals surface area contributed by atoms with Gasteiger partial charge in [0.2, 0.25) is 0 Å². The summed E-state index contributed by atoms with van der Waals surface area (Å²) in [4.78, 5) is 12.3. The van der Waals surface area contributed by atoms with E-state index in [0.717, 1.165) is 32.1 Å². The van der Waals surface area contributed by atoms with Gasteiger partial charge in [-0.3, -0.25) is 4.79 Å². The first-order valence-electron chi connectivity index (χ1n) is 6.65. The molecule has 0 radical (unpaired) electrons. The Labute approximate surface area is 99.9 Å². The van der Waals surface area contributed by atoms with Gasteiger partial charge in [0.25, 0.3) is 0 Å². The zero-order valence-corrected chi connectivity index (χ0v) is 11.8. The third kappa shape index (κ3) is 2.25. The number of ketones is 1. The minimum Gasteiger partial charge on any atom is -0.414 e. The molecule has 0 aromatic carbocycles. The summed E-state index contributed by atoms with van der Waals surface area (Å²) in [6.45, 7) is 6.69. The first-order chi connectivity index (χ1) is 7.44. The van der Waals surface area contributed by atoms with Crippen molar-refractivity contribution in [3.8, 4) is 0 Å². The van der Waals surface area contributed by atoms with Crippen LogP contribution in [0.3, 0.4) is 0 Å². The van der Waals surface area contributed by atoms with Gasteiger partial charge in [0, 0.05) is 6.42 Å². The molecule has 2 saturated carbocycles. The summed E-state index contributed by atoms with van der Waals surface area (Å²) in [5, 5.41) is 0. The second-order valence-electron chi connectivity index (χ2n) is 6.40. The number of hydrogen-bond acceptors (Lipinski definition) is 2. The van der Waals surface area contributed by atoms with Gasteiger partial charge in [0.15, 0.2) is 8.32 Å². The number of hydrogen-bond donors (Lipinski definition) is 0. The molecule has 1 unspecified atom stereocenters. The Hall–Kier alpha value is -0.153. The van der Waals surface area contributed by atoms with E-state index in [9.17, 15) is 4.79 Å². The summed E-state index contributed by atoms with van der Waals surface area (Å²) in [6.07, 6.45) is 7.81. The van der Waals surface area contributed by atoms with Crippen molar-refractivity contribution in [2.24, 2.45) is 5.41 Å². The molecular formula is C13H24O2Si. The fourth-order valence-electron chi connectivity index (χ4n) is 3.36. The van der Waals surface area contributed by atoms with Crippen LogP contribution in [0.2, 0.25) is 19.6 Å². The van der Waals surface area contributed by atoms with Crippen molar-refractivity contribution in [3.63, 3.8) is 0 Å². The molecule has 2 rings (SSSR count). The molecule has 2 atom stereocenters. The molecule has 2 fully saturated rings. The van der Waals surface area contributed by atoms with Crippen LogP contribution in [-0.2, 0) is 9.22 Å². The average molecular weight is 240 g/mol. The van der Waals surface area contributed by atoms with E-state index >= 15 is 0 Å². The first kappa shape index (κ1) is 12.3. The van der Waals surface area contributed by atoms with Gasteiger partial charge in [-0.05, 0) is 51.7 Å². The Morgan fingerprint density at radius 3 is 2.50 bits per heavy atom. The van der Waals surface area contributed by atoms with E-state index < -0.39 is 8.32 Å². The summed E-state index contributed by atoms with van der Waals surface area (Å²) < 4.78 is 6.28. The smallest absolute Gasteiger partial charge is 0.184 e. The fraction of sp³-hybridized carbons (Fsp3) is 0.923. The summed E-state index contributed by atoms with van der Waals surface area (Å²) in [6, 6.07) is 0. The summed E-state index contributed by atoms with van der Waals surface area (Å²) in [5.74, 6) is 0.500. The molecule has 2 aliphatic rings. The first-order valence-corrected chi connectivity index (χ1v) is 10.1. The van der Waals surface area contributed by atoms with Gasteiger partial charge in [0.05, 0.1) is 11.5 Å². The van der Waals surface area contributed by atoms with Crippen molar-refractivity contribution >= 4 is 14.1 Å². The van der Waals surface area contributed by atoms with Crippen molar-refractivity contribution in [1.82, 2.24) is 0 Å². The summed E-state index contributed by atoms with van der Waals surface area (Å²) in [5.41, 5.74) is -0.0709. The minimum atomic E-state index is -1.51. The normalized spacial score (nSPS) is 35.9. The molecule has 0 N–H and O–H groups in total. The van der Waals surface area contributed by atoms with Gasteiger partial charge in [-0.1, -0.05) is 6.42 Å². The maximum Gasteiger partial charge on any atom is 0.184 e. The maximum atomic E-state index is 12.3. The monoisotopic (exact) mass is 240 g/mol. The van der Waals surface area contributed by atoms with Gasteiger partial charge in [-0.25, -0.2) is 0 Å². The minimum absolute atomic E-state index is 0.0709. The second-order valence-corrected chi connectivity index (χ2v) is 10.9. The van der Waals surface area contributed by atoms with Crippen LogP contribution >= 0.6 is 0 Å². The Kier molecular flexibility index (Phi) is 3.28. The molecular weight excluding hydrogens is 216 g/mol. The van der Waals surface area contributed by atoms with E-state index in [1.165, 1.54) is 12.8 Å². The van der Waals surface area contributed by atoms with Crippen LogP contribution < -0.4 is 0 Å². The number of rotatable bonds is 2. The zero-order valence-electron chi connectivity index (χ0n) is 10.8. The Morgan fingerprint density at radius 1 is 1.19 bits per heavy atom. The quantitative estimate of drug-likeness (QED) is 0.690. The number of Topliss-reactive ketones (excluding diaryl/α,β-unsaturated/α-hetero) is 1. The predicted molar refractivity (Wildman–Crippen MR) is 68.0 cm³/mol. The van der Waals surface area contributed by atoms with E-state index in [0.29, 0.717) is 5.78 Å². The van der Waals surface area contributed by atoms with Crippen LogP contribution in [0.15, 0.2) is 0 Å². The second kappa shape index (κ2) is 4.26. The fourth-order valence-corrected chi connectivity index (χ4v) is 4.56. The van der Waals surface area contributed by atoms with Crippen LogP contribution in [0.4, 0.5) is 0 Å². The lowest BCUT2D eigenvalue weighted by molar-refractivity contribution is -0.136. The van der Waals surface area contributed by atoms with Crippen LogP contribution in [0.1, 0.15) is 44.9 Å². The van der Waals surface area contributed by atoms with Crippen molar-refractivity contribution in [2.45, 2.75) is 70.7 Å². The lowest BCUT2D eigenvalue weighted by Gasteiger charge is -2.40. The van der Waals surface area contributed by atoms with Gasteiger partial charge in [-0.2, -0.15) is 0 Å². The lowest BCUT2D eigenvalue weighted by atomic mass is 9.70. The highest BCUT2D eigenvalue weighted by Crippen LogP contribution is 2.49. The van der Waals surface area contributed by atoms with E-state index in [2.05, 4.69) is 19.6 Å². The van der Waals surface area contributed by atoms with Crippen molar-refractivity contribution in [3.05, 3.63) is 0 Å². The van der Waals surface area contributed by atoms with E-state index in [1.807, 2.05) is 0 Å². The van der Waals surface area contributed by atoms with Crippen molar-refractivity contribution in [2.75, 3.05) is 0 Å². The highest BCUT2D eigenvalue weighted by Gasteiger charge is 2.50. The molecule has 0 aromatic heterocycles. The van der Waals surface area contributed by atoms with E-state index in [-0.39, 0.29) is 11.5 Å². The van der Waals surface area contributed by atoms with Crippen LogP contribution in [0.5, 0.6) is 0 Å². The largest absolute Gasteiger partial charge is 0.414 e. The van der Waals surface area contributed by atoms with E-state index in [4.69, 9.17) is 4.43 Å². The Bertz CT molecular complexity index is 282. The molecule has 0 heterocycles. The molecule has 16 heavy (non-hydrogen) atoms. The van der Waals surface area contributed by atoms with Gasteiger partial charge < -0.3 is 4.43 Å². The number of carbonyl (C=O) groups excluding carboxylic acids is 1. The molecule has 3 heteroatoms.